The van der Waals surface area contributed by atoms with Gasteiger partial charge >= 0.3 is 0 Å². The molecular weight excluding hydrogens is 229 g/mol. The predicted molar refractivity (Wildman–Crippen MR) is 59.7 cm³/mol. The van der Waals surface area contributed by atoms with E-state index < -0.39 is 11.9 Å². The Morgan fingerprint density at radius 2 is 2.24 bits per heavy atom. The van der Waals surface area contributed by atoms with Gasteiger partial charge in [-0.1, -0.05) is 0 Å². The highest BCUT2D eigenvalue weighted by molar-refractivity contribution is 5.31. The lowest BCUT2D eigenvalue weighted by molar-refractivity contribution is 0.0693. The van der Waals surface area contributed by atoms with Gasteiger partial charge < -0.3 is 19.5 Å². The van der Waals surface area contributed by atoms with E-state index in [-0.39, 0.29) is 25.0 Å². The largest absolute Gasteiger partial charge is 0.479 e. The number of aliphatic hydroxyl groups is 1. The van der Waals surface area contributed by atoms with Gasteiger partial charge in [0.1, 0.15) is 0 Å². The third-order valence-electron chi connectivity index (χ3n) is 2.08. The van der Waals surface area contributed by atoms with Crippen molar-refractivity contribution in [2.45, 2.75) is 6.10 Å². The number of hydrogen-bond donors (Lipinski definition) is 1. The second kappa shape index (κ2) is 6.31. The summed E-state index contributed by atoms with van der Waals surface area (Å²) in [6, 6.07) is 0. The zero-order chi connectivity index (χ0) is 12.8. The molecule has 0 fully saturated rings. The highest BCUT2D eigenvalue weighted by Gasteiger charge is 2.13. The minimum absolute atomic E-state index is 0.122. The first-order valence-electron chi connectivity index (χ1n) is 5.03. The van der Waals surface area contributed by atoms with E-state index in [4.69, 9.17) is 9.47 Å². The van der Waals surface area contributed by atoms with Crippen LogP contribution in [0.25, 0.3) is 0 Å². The molecule has 1 N–H and O–H groups in total. The molecule has 0 saturated heterocycles. The molecule has 0 aliphatic carbocycles. The molecule has 17 heavy (non-hydrogen) atoms. The van der Waals surface area contributed by atoms with Crippen molar-refractivity contribution in [3.63, 3.8) is 0 Å². The van der Waals surface area contributed by atoms with Gasteiger partial charge in [-0.2, -0.15) is 9.37 Å². The van der Waals surface area contributed by atoms with Crippen LogP contribution in [0, 0.1) is 5.82 Å². The molecule has 0 bridgehead atoms. The molecule has 0 spiro atoms. The smallest absolute Gasteiger partial charge is 0.255 e. The first-order chi connectivity index (χ1) is 8.08. The minimum Gasteiger partial charge on any atom is -0.479 e. The predicted octanol–water partition coefficient (Wildman–Crippen LogP) is 0.0678. The van der Waals surface area contributed by atoms with E-state index in [9.17, 15) is 9.50 Å². The summed E-state index contributed by atoms with van der Waals surface area (Å²) in [5.41, 5.74) is 0. The lowest BCUT2D eigenvalue weighted by atomic mass is 10.3. The molecule has 0 aliphatic rings. The van der Waals surface area contributed by atoms with Gasteiger partial charge in [0, 0.05) is 20.7 Å². The number of ether oxygens (including phenoxy) is 2. The summed E-state index contributed by atoms with van der Waals surface area (Å²) in [5, 5.41) is 9.53. The molecule has 7 heteroatoms. The van der Waals surface area contributed by atoms with Gasteiger partial charge in [0.2, 0.25) is 11.8 Å². The van der Waals surface area contributed by atoms with Crippen LogP contribution in [-0.4, -0.2) is 55.6 Å². The molecule has 1 rings (SSSR count). The molecular formula is C10H16FN3O3. The van der Waals surface area contributed by atoms with Crippen molar-refractivity contribution < 1.29 is 19.0 Å². The van der Waals surface area contributed by atoms with Crippen LogP contribution >= 0.6 is 0 Å². The quantitative estimate of drug-likeness (QED) is 0.765. The lowest BCUT2D eigenvalue weighted by Crippen LogP contribution is -2.33. The second-order valence-corrected chi connectivity index (χ2v) is 3.52. The van der Waals surface area contributed by atoms with Gasteiger partial charge in [-0.25, -0.2) is 4.98 Å². The van der Waals surface area contributed by atoms with Gasteiger partial charge in [-0.15, -0.1) is 0 Å². The Morgan fingerprint density at radius 3 is 2.82 bits per heavy atom. The number of aliphatic hydroxyl groups excluding tert-OH is 1. The Bertz CT molecular complexity index is 365. The van der Waals surface area contributed by atoms with Crippen LogP contribution < -0.4 is 9.64 Å². The van der Waals surface area contributed by atoms with E-state index in [1.54, 1.807) is 11.9 Å². The molecule has 0 saturated carbocycles. The number of hydrogen-bond acceptors (Lipinski definition) is 6. The maximum atomic E-state index is 13.1. The van der Waals surface area contributed by atoms with E-state index >= 15 is 0 Å². The summed E-state index contributed by atoms with van der Waals surface area (Å²) >= 11 is 0. The molecule has 0 amide bonds. The van der Waals surface area contributed by atoms with Crippen LogP contribution in [0.1, 0.15) is 0 Å². The van der Waals surface area contributed by atoms with E-state index in [0.717, 1.165) is 6.20 Å². The fourth-order valence-electron chi connectivity index (χ4n) is 1.31. The maximum absolute atomic E-state index is 13.1. The third-order valence-corrected chi connectivity index (χ3v) is 2.08. The van der Waals surface area contributed by atoms with Crippen LogP contribution in [0.3, 0.4) is 0 Å². The van der Waals surface area contributed by atoms with E-state index in [0.29, 0.717) is 0 Å². The molecule has 0 radical (unpaired) electrons. The van der Waals surface area contributed by atoms with Crippen molar-refractivity contribution in [1.29, 1.82) is 0 Å². The first-order valence-corrected chi connectivity index (χ1v) is 5.03. The molecule has 0 aliphatic heterocycles. The zero-order valence-corrected chi connectivity index (χ0v) is 10.1. The normalized spacial score (nSPS) is 12.3. The summed E-state index contributed by atoms with van der Waals surface area (Å²) in [4.78, 5) is 9.27. The van der Waals surface area contributed by atoms with Gasteiger partial charge in [0.05, 0.1) is 26.0 Å². The monoisotopic (exact) mass is 245 g/mol. The van der Waals surface area contributed by atoms with Crippen LogP contribution in [0.4, 0.5) is 10.3 Å². The molecule has 0 aromatic carbocycles. The number of likely N-dealkylation sites (N-methyl/N-ethyl adjacent to an activating group) is 1. The van der Waals surface area contributed by atoms with Crippen LogP contribution in [0.15, 0.2) is 6.20 Å². The number of rotatable bonds is 6. The van der Waals surface area contributed by atoms with Gasteiger partial charge in [0.15, 0.2) is 0 Å². The molecule has 6 nitrogen and oxygen atoms in total. The topological polar surface area (TPSA) is 67.7 Å². The van der Waals surface area contributed by atoms with Gasteiger partial charge in [0.25, 0.3) is 5.88 Å². The van der Waals surface area contributed by atoms with Crippen molar-refractivity contribution in [3.05, 3.63) is 12.0 Å². The number of halogens is 1. The minimum atomic E-state index is -0.662. The average molecular weight is 245 g/mol. The number of methoxy groups -OCH3 is 2. The Hall–Kier alpha value is -1.47. The zero-order valence-electron chi connectivity index (χ0n) is 10.1. The second-order valence-electron chi connectivity index (χ2n) is 3.52. The fraction of sp³-hybridized carbons (Fsp3) is 0.600. The SMILES string of the molecule is COCC(O)CN(C)c1ncc(F)c(OC)n1. The van der Waals surface area contributed by atoms with Crippen molar-refractivity contribution in [2.24, 2.45) is 0 Å². The Labute approximate surface area is 99.0 Å². The summed E-state index contributed by atoms with van der Waals surface area (Å²) in [6.45, 7) is 0.491. The highest BCUT2D eigenvalue weighted by atomic mass is 19.1. The highest BCUT2D eigenvalue weighted by Crippen LogP contribution is 2.15. The van der Waals surface area contributed by atoms with Crippen molar-refractivity contribution in [3.8, 4) is 5.88 Å². The first kappa shape index (κ1) is 13.6. The molecule has 1 heterocycles. The molecule has 1 atom stereocenters. The van der Waals surface area contributed by atoms with Crippen LogP contribution in [0.2, 0.25) is 0 Å². The Balaban J connectivity index is 2.71. The Morgan fingerprint density at radius 1 is 1.53 bits per heavy atom. The number of aromatic nitrogens is 2. The van der Waals surface area contributed by atoms with Gasteiger partial charge in [-0.3, -0.25) is 0 Å². The lowest BCUT2D eigenvalue weighted by Gasteiger charge is -2.20. The van der Waals surface area contributed by atoms with Crippen molar-refractivity contribution in [2.75, 3.05) is 39.3 Å². The fourth-order valence-corrected chi connectivity index (χ4v) is 1.31. The molecule has 96 valence electrons. The van der Waals surface area contributed by atoms with Gasteiger partial charge in [-0.05, 0) is 0 Å². The summed E-state index contributed by atoms with van der Waals surface area (Å²) in [7, 11) is 4.52. The summed E-state index contributed by atoms with van der Waals surface area (Å²) < 4.78 is 22.6. The van der Waals surface area contributed by atoms with E-state index in [1.807, 2.05) is 0 Å². The number of anilines is 1. The maximum Gasteiger partial charge on any atom is 0.255 e. The van der Waals surface area contributed by atoms with E-state index in [2.05, 4.69) is 9.97 Å². The summed E-state index contributed by atoms with van der Waals surface area (Å²) in [5.74, 6) is -0.469. The molecule has 1 aromatic heterocycles. The van der Waals surface area contributed by atoms with Crippen molar-refractivity contribution in [1.82, 2.24) is 9.97 Å². The number of nitrogens with zero attached hydrogens (tertiary/aromatic N) is 3. The van der Waals surface area contributed by atoms with E-state index in [1.165, 1.54) is 14.2 Å². The van der Waals surface area contributed by atoms with Crippen LogP contribution in [0.5, 0.6) is 5.88 Å². The molecule has 1 aromatic rings. The molecule has 1 unspecified atom stereocenters. The van der Waals surface area contributed by atoms with Crippen LogP contribution in [-0.2, 0) is 4.74 Å². The summed E-state index contributed by atoms with van der Waals surface area (Å²) in [6.07, 6.45) is 0.366. The third kappa shape index (κ3) is 3.79. The van der Waals surface area contributed by atoms with Crippen molar-refractivity contribution >= 4 is 5.95 Å². The average Bonchev–Trinajstić information content (AvgIpc) is 2.29. The Kier molecular flexibility index (Phi) is 5.05. The standard InChI is InChI=1S/C10H16FN3O3/c1-14(5-7(15)6-16-2)10-12-4-8(11)9(13-10)17-3/h4,7,15H,5-6H2,1-3H3.